The molecule has 0 heterocycles. The largest absolute Gasteiger partial charge is 0.465 e. The second-order valence-corrected chi connectivity index (χ2v) is 4.97. The van der Waals surface area contributed by atoms with Crippen LogP contribution in [0, 0.1) is 0 Å². The number of hydrogen-bond acceptors (Lipinski definition) is 4. The molecule has 0 amide bonds. The topological polar surface area (TPSA) is 41.6 Å². The summed E-state index contributed by atoms with van der Waals surface area (Å²) in [5.74, 6) is -0.182. The van der Waals surface area contributed by atoms with Crippen LogP contribution in [0.3, 0.4) is 0 Å². The minimum Gasteiger partial charge on any atom is -0.465 e. The first kappa shape index (κ1) is 14.0. The van der Waals surface area contributed by atoms with Gasteiger partial charge in [-0.25, -0.2) is 10.4 Å². The molecule has 19 heavy (non-hydrogen) atoms. The number of benzene rings is 1. The molecule has 0 spiro atoms. The minimum absolute atomic E-state index is 0.182. The predicted molar refractivity (Wildman–Crippen MR) is 74.5 cm³/mol. The van der Waals surface area contributed by atoms with Gasteiger partial charge >= 0.3 is 5.97 Å². The van der Waals surface area contributed by atoms with Crippen molar-refractivity contribution < 1.29 is 9.53 Å². The molecule has 1 fully saturated rings. The molecule has 104 valence electrons. The fourth-order valence-corrected chi connectivity index (χ4v) is 2.09. The highest BCUT2D eigenvalue weighted by Gasteiger charge is 2.30. The zero-order valence-corrected chi connectivity index (χ0v) is 11.6. The molecule has 1 aliphatic rings. The summed E-state index contributed by atoms with van der Waals surface area (Å²) in [6, 6.07) is 10.3. The molecule has 0 aliphatic heterocycles. The Morgan fingerprint density at radius 3 is 2.68 bits per heavy atom. The van der Waals surface area contributed by atoms with Crippen molar-refractivity contribution in [3.8, 4) is 0 Å². The van der Waals surface area contributed by atoms with Gasteiger partial charge in [-0.05, 0) is 31.7 Å². The molecule has 0 aromatic heterocycles. The van der Waals surface area contributed by atoms with E-state index in [2.05, 4.69) is 5.43 Å². The maximum atomic E-state index is 12.0. The molecule has 4 nitrogen and oxygen atoms in total. The monoisotopic (exact) mass is 262 g/mol. The first-order valence-corrected chi connectivity index (χ1v) is 6.90. The highest BCUT2D eigenvalue weighted by Crippen LogP contribution is 2.24. The van der Waals surface area contributed by atoms with E-state index in [0.29, 0.717) is 19.1 Å². The lowest BCUT2D eigenvalue weighted by Gasteiger charge is -2.24. The van der Waals surface area contributed by atoms with Gasteiger partial charge < -0.3 is 4.74 Å². The Bertz CT molecular complexity index is 404. The van der Waals surface area contributed by atoms with Crippen LogP contribution in [-0.4, -0.2) is 36.7 Å². The molecule has 1 aromatic carbocycles. The first-order valence-electron chi connectivity index (χ1n) is 6.90. The average Bonchev–Trinajstić information content (AvgIpc) is 3.23. The van der Waals surface area contributed by atoms with Gasteiger partial charge in [0.2, 0.25) is 0 Å². The van der Waals surface area contributed by atoms with Crippen LogP contribution in [-0.2, 0) is 16.0 Å². The Morgan fingerprint density at radius 1 is 1.42 bits per heavy atom. The van der Waals surface area contributed by atoms with Crippen LogP contribution < -0.4 is 5.43 Å². The number of hydrazine groups is 1. The van der Waals surface area contributed by atoms with Crippen LogP contribution in [0.4, 0.5) is 0 Å². The van der Waals surface area contributed by atoms with Crippen molar-refractivity contribution in [2.24, 2.45) is 0 Å². The van der Waals surface area contributed by atoms with Gasteiger partial charge in [0.05, 0.1) is 6.61 Å². The standard InChI is InChI=1S/C15H22N2O2/c1-3-19-15(18)14(16-17(2)13-9-10-13)11-12-7-5-4-6-8-12/h4-8,13-14,16H,3,9-11H2,1-2H3/t14-/m0/s1. The Balaban J connectivity index is 1.98. The summed E-state index contributed by atoms with van der Waals surface area (Å²) >= 11 is 0. The van der Waals surface area contributed by atoms with Gasteiger partial charge in [-0.3, -0.25) is 4.79 Å². The Hall–Kier alpha value is -1.39. The van der Waals surface area contributed by atoms with Gasteiger partial charge in [0.15, 0.2) is 0 Å². The maximum Gasteiger partial charge on any atom is 0.324 e. The van der Waals surface area contributed by atoms with Crippen LogP contribution in [0.15, 0.2) is 30.3 Å². The lowest BCUT2D eigenvalue weighted by atomic mass is 10.1. The Labute approximate surface area is 114 Å². The van der Waals surface area contributed by atoms with Crippen LogP contribution >= 0.6 is 0 Å². The number of rotatable bonds is 7. The molecule has 1 saturated carbocycles. The molecule has 0 saturated heterocycles. The molecule has 1 aliphatic carbocycles. The second-order valence-electron chi connectivity index (χ2n) is 4.97. The Morgan fingerprint density at radius 2 is 2.11 bits per heavy atom. The fourth-order valence-electron chi connectivity index (χ4n) is 2.09. The number of esters is 1. The lowest BCUT2D eigenvalue weighted by molar-refractivity contribution is -0.147. The number of nitrogens with zero attached hydrogens (tertiary/aromatic N) is 1. The normalized spacial score (nSPS) is 16.4. The number of ether oxygens (including phenoxy) is 1. The molecule has 0 bridgehead atoms. The van der Waals surface area contributed by atoms with Crippen LogP contribution in [0.2, 0.25) is 0 Å². The summed E-state index contributed by atoms with van der Waals surface area (Å²) in [4.78, 5) is 12.0. The third-order valence-corrected chi connectivity index (χ3v) is 3.31. The number of carbonyl (C=O) groups excluding carboxylic acids is 1. The van der Waals surface area contributed by atoms with E-state index in [-0.39, 0.29) is 12.0 Å². The van der Waals surface area contributed by atoms with Crippen molar-refractivity contribution in [1.82, 2.24) is 10.4 Å². The zero-order chi connectivity index (χ0) is 13.7. The summed E-state index contributed by atoms with van der Waals surface area (Å²) in [5.41, 5.74) is 4.41. The van der Waals surface area contributed by atoms with E-state index in [9.17, 15) is 4.79 Å². The first-order chi connectivity index (χ1) is 9.20. The SMILES string of the molecule is CCOC(=O)[C@H](Cc1ccccc1)NN(C)C1CC1. The third-order valence-electron chi connectivity index (χ3n) is 3.31. The molecule has 0 unspecified atom stereocenters. The van der Waals surface area contributed by atoms with Crippen molar-refractivity contribution in [3.63, 3.8) is 0 Å². The molecule has 0 radical (unpaired) electrons. The quantitative estimate of drug-likeness (QED) is 0.600. The zero-order valence-electron chi connectivity index (χ0n) is 11.6. The van der Waals surface area contributed by atoms with Gasteiger partial charge in [-0.1, -0.05) is 30.3 Å². The van der Waals surface area contributed by atoms with E-state index in [1.807, 2.05) is 49.3 Å². The third kappa shape index (κ3) is 4.33. The van der Waals surface area contributed by atoms with Gasteiger partial charge in [0, 0.05) is 13.1 Å². The van der Waals surface area contributed by atoms with Crippen LogP contribution in [0.25, 0.3) is 0 Å². The molecular formula is C15H22N2O2. The molecule has 2 rings (SSSR count). The Kier molecular flexibility index (Phi) is 4.93. The molecule has 1 aromatic rings. The average molecular weight is 262 g/mol. The maximum absolute atomic E-state index is 12.0. The van der Waals surface area contributed by atoms with Crippen LogP contribution in [0.1, 0.15) is 25.3 Å². The van der Waals surface area contributed by atoms with Crippen molar-refractivity contribution >= 4 is 5.97 Å². The van der Waals surface area contributed by atoms with E-state index < -0.39 is 0 Å². The van der Waals surface area contributed by atoms with Crippen LogP contribution in [0.5, 0.6) is 0 Å². The summed E-state index contributed by atoms with van der Waals surface area (Å²) in [7, 11) is 1.99. The van der Waals surface area contributed by atoms with Gasteiger partial charge in [-0.2, -0.15) is 0 Å². The molecule has 1 atom stereocenters. The predicted octanol–water partition coefficient (Wildman–Crippen LogP) is 1.76. The highest BCUT2D eigenvalue weighted by molar-refractivity contribution is 5.76. The van der Waals surface area contributed by atoms with E-state index in [1.165, 1.54) is 12.8 Å². The fraction of sp³-hybridized carbons (Fsp3) is 0.533. The van der Waals surface area contributed by atoms with Gasteiger partial charge in [-0.15, -0.1) is 0 Å². The van der Waals surface area contributed by atoms with Crippen molar-refractivity contribution in [2.75, 3.05) is 13.7 Å². The van der Waals surface area contributed by atoms with E-state index in [4.69, 9.17) is 4.74 Å². The summed E-state index contributed by atoms with van der Waals surface area (Å²) < 4.78 is 5.15. The highest BCUT2D eigenvalue weighted by atomic mass is 16.5. The molecular weight excluding hydrogens is 240 g/mol. The summed E-state index contributed by atoms with van der Waals surface area (Å²) in [6.45, 7) is 2.25. The van der Waals surface area contributed by atoms with Crippen molar-refractivity contribution in [1.29, 1.82) is 0 Å². The van der Waals surface area contributed by atoms with Gasteiger partial charge in [0.1, 0.15) is 6.04 Å². The lowest BCUT2D eigenvalue weighted by Crippen LogP contribution is -2.49. The second kappa shape index (κ2) is 6.68. The minimum atomic E-state index is -0.312. The number of carbonyl (C=O) groups is 1. The molecule has 4 heteroatoms. The van der Waals surface area contributed by atoms with Gasteiger partial charge in [0.25, 0.3) is 0 Å². The summed E-state index contributed by atoms with van der Waals surface area (Å²) in [5, 5.41) is 2.05. The van der Waals surface area contributed by atoms with E-state index in [1.54, 1.807) is 0 Å². The number of nitrogens with one attached hydrogen (secondary N) is 1. The number of hydrogen-bond donors (Lipinski definition) is 1. The van der Waals surface area contributed by atoms with E-state index in [0.717, 1.165) is 5.56 Å². The van der Waals surface area contributed by atoms with Crippen molar-refractivity contribution in [3.05, 3.63) is 35.9 Å². The van der Waals surface area contributed by atoms with E-state index >= 15 is 0 Å². The van der Waals surface area contributed by atoms with Crippen molar-refractivity contribution in [2.45, 2.75) is 38.3 Å². The summed E-state index contributed by atoms with van der Waals surface area (Å²) in [6.07, 6.45) is 3.05. The molecule has 1 N–H and O–H groups in total. The smallest absolute Gasteiger partial charge is 0.324 e.